The Morgan fingerprint density at radius 2 is 1.69 bits per heavy atom. The van der Waals surface area contributed by atoms with Crippen molar-refractivity contribution in [3.8, 4) is 0 Å². The number of fused-ring (bicyclic) bond motifs is 1. The average Bonchev–Trinajstić information content (AvgIpc) is 2.67. The maximum atomic E-state index is 12.3. The molecule has 4 N–H and O–H groups in total. The lowest BCUT2D eigenvalue weighted by Gasteiger charge is -2.35. The fourth-order valence-electron chi connectivity index (χ4n) is 3.87. The van der Waals surface area contributed by atoms with Gasteiger partial charge in [-0.3, -0.25) is 9.59 Å². The van der Waals surface area contributed by atoms with Gasteiger partial charge in [0, 0.05) is 17.5 Å². The third-order valence-electron chi connectivity index (χ3n) is 5.39. The molecule has 0 heterocycles. The molecule has 5 heteroatoms. The molecular weight excluding hydrogens is 326 g/mol. The van der Waals surface area contributed by atoms with E-state index in [9.17, 15) is 9.59 Å². The second-order valence-electron chi connectivity index (χ2n) is 7.29. The van der Waals surface area contributed by atoms with Gasteiger partial charge in [0.05, 0.1) is 6.54 Å². The molecule has 0 aliphatic heterocycles. The molecule has 0 unspecified atom stereocenters. The van der Waals surface area contributed by atoms with Gasteiger partial charge in [-0.2, -0.15) is 0 Å². The summed E-state index contributed by atoms with van der Waals surface area (Å²) < 4.78 is 0. The first-order valence-electron chi connectivity index (χ1n) is 9.36. The van der Waals surface area contributed by atoms with Gasteiger partial charge in [0.1, 0.15) is 0 Å². The van der Waals surface area contributed by atoms with Crippen molar-refractivity contribution in [2.75, 3.05) is 18.4 Å². The van der Waals surface area contributed by atoms with Gasteiger partial charge in [-0.25, -0.2) is 0 Å². The summed E-state index contributed by atoms with van der Waals surface area (Å²) in [7, 11) is 0. The molecule has 0 saturated heterocycles. The molecule has 0 bridgehead atoms. The van der Waals surface area contributed by atoms with Crippen LogP contribution in [0.1, 0.15) is 38.5 Å². The summed E-state index contributed by atoms with van der Waals surface area (Å²) >= 11 is 0. The van der Waals surface area contributed by atoms with Crippen LogP contribution in [0.4, 0.5) is 5.69 Å². The zero-order valence-electron chi connectivity index (χ0n) is 15.1. The third-order valence-corrected chi connectivity index (χ3v) is 5.39. The maximum absolute atomic E-state index is 12.3. The quantitative estimate of drug-likeness (QED) is 0.746. The predicted octanol–water partition coefficient (Wildman–Crippen LogP) is 3.19. The highest BCUT2D eigenvalue weighted by atomic mass is 16.2. The van der Waals surface area contributed by atoms with Gasteiger partial charge in [0.15, 0.2) is 0 Å². The summed E-state index contributed by atoms with van der Waals surface area (Å²) in [5.41, 5.74) is 6.61. The molecule has 1 fully saturated rings. The van der Waals surface area contributed by atoms with Crippen LogP contribution < -0.4 is 16.4 Å². The first kappa shape index (κ1) is 18.4. The molecule has 0 atom stereocenters. The van der Waals surface area contributed by atoms with Crippen molar-refractivity contribution >= 4 is 28.3 Å². The number of hydrogen-bond donors (Lipinski definition) is 3. The molecule has 0 aromatic heterocycles. The number of nitrogens with one attached hydrogen (secondary N) is 2. The fourth-order valence-corrected chi connectivity index (χ4v) is 3.87. The lowest BCUT2D eigenvalue weighted by Crippen LogP contribution is -2.40. The highest BCUT2D eigenvalue weighted by molar-refractivity contribution is 6.03. The molecule has 2 aromatic rings. The fraction of sp³-hybridized carbons (Fsp3) is 0.429. The van der Waals surface area contributed by atoms with Crippen LogP contribution in [0.3, 0.4) is 0 Å². The van der Waals surface area contributed by atoms with Crippen LogP contribution in [0.5, 0.6) is 0 Å². The Bertz CT molecular complexity index is 776. The smallest absolute Gasteiger partial charge is 0.243 e. The normalized spacial score (nSPS) is 16.2. The lowest BCUT2D eigenvalue weighted by atomic mass is 9.71. The van der Waals surface area contributed by atoms with Crippen LogP contribution in [0.15, 0.2) is 42.5 Å². The maximum Gasteiger partial charge on any atom is 0.243 e. The van der Waals surface area contributed by atoms with Crippen molar-refractivity contribution in [1.82, 2.24) is 5.32 Å². The van der Waals surface area contributed by atoms with E-state index >= 15 is 0 Å². The van der Waals surface area contributed by atoms with Crippen LogP contribution in [0, 0.1) is 5.41 Å². The molecule has 0 radical (unpaired) electrons. The van der Waals surface area contributed by atoms with E-state index in [1.54, 1.807) is 0 Å². The van der Waals surface area contributed by atoms with Gasteiger partial charge >= 0.3 is 0 Å². The summed E-state index contributed by atoms with van der Waals surface area (Å²) in [6.45, 7) is 0.505. The number of carbonyl (C=O) groups is 2. The Balaban J connectivity index is 1.54. The Morgan fingerprint density at radius 1 is 0.962 bits per heavy atom. The number of rotatable bonds is 6. The minimum Gasteiger partial charge on any atom is -0.347 e. The molecule has 1 saturated carbocycles. The van der Waals surface area contributed by atoms with E-state index < -0.39 is 0 Å². The molecule has 3 rings (SSSR count). The minimum absolute atomic E-state index is 0.0251. The van der Waals surface area contributed by atoms with Gasteiger partial charge in [-0.1, -0.05) is 55.7 Å². The van der Waals surface area contributed by atoms with Crippen LogP contribution in [0.2, 0.25) is 0 Å². The molecule has 2 aromatic carbocycles. The van der Waals surface area contributed by atoms with Crippen molar-refractivity contribution in [1.29, 1.82) is 0 Å². The van der Waals surface area contributed by atoms with E-state index in [0.717, 1.165) is 42.1 Å². The molecule has 0 spiro atoms. The van der Waals surface area contributed by atoms with Gasteiger partial charge in [-0.15, -0.1) is 0 Å². The number of benzene rings is 2. The Labute approximate surface area is 154 Å². The number of hydrogen-bond acceptors (Lipinski definition) is 3. The standard InChI is InChI=1S/C21H27N3O2/c22-15-21(11-4-1-5-12-21)13-19(25)23-14-20(26)24-18-10-6-8-16-7-2-3-9-17(16)18/h2-3,6-10H,1,4-5,11-15,22H2,(H,23,25)(H,24,26). The van der Waals surface area contributed by atoms with E-state index in [2.05, 4.69) is 10.6 Å². The molecule has 26 heavy (non-hydrogen) atoms. The van der Waals surface area contributed by atoms with Crippen molar-refractivity contribution < 1.29 is 9.59 Å². The Hall–Kier alpha value is -2.40. The summed E-state index contributed by atoms with van der Waals surface area (Å²) in [5.74, 6) is -0.314. The molecular formula is C21H27N3O2. The highest BCUT2D eigenvalue weighted by Crippen LogP contribution is 2.38. The topological polar surface area (TPSA) is 84.2 Å². The molecule has 5 nitrogen and oxygen atoms in total. The van der Waals surface area contributed by atoms with Crippen molar-refractivity contribution in [2.24, 2.45) is 11.1 Å². The SMILES string of the molecule is NCC1(CC(=O)NCC(=O)Nc2cccc3ccccc23)CCCCC1. The van der Waals surface area contributed by atoms with Gasteiger partial charge in [0.25, 0.3) is 0 Å². The first-order valence-corrected chi connectivity index (χ1v) is 9.36. The van der Waals surface area contributed by atoms with Crippen LogP contribution in [-0.2, 0) is 9.59 Å². The van der Waals surface area contributed by atoms with E-state index in [4.69, 9.17) is 5.73 Å². The highest BCUT2D eigenvalue weighted by Gasteiger charge is 2.32. The third kappa shape index (κ3) is 4.41. The largest absolute Gasteiger partial charge is 0.347 e. The van der Waals surface area contributed by atoms with Crippen molar-refractivity contribution in [3.05, 3.63) is 42.5 Å². The van der Waals surface area contributed by atoms with Crippen LogP contribution >= 0.6 is 0 Å². The zero-order valence-corrected chi connectivity index (χ0v) is 15.1. The van der Waals surface area contributed by atoms with Gasteiger partial charge < -0.3 is 16.4 Å². The summed E-state index contributed by atoms with van der Waals surface area (Å²) in [6, 6.07) is 13.7. The number of amides is 2. The molecule has 2 amide bonds. The molecule has 138 valence electrons. The van der Waals surface area contributed by atoms with E-state index in [1.807, 2.05) is 42.5 Å². The zero-order chi connectivity index (χ0) is 18.4. The predicted molar refractivity (Wildman–Crippen MR) is 105 cm³/mol. The summed E-state index contributed by atoms with van der Waals surface area (Å²) in [6.07, 6.45) is 5.89. The first-order chi connectivity index (χ1) is 12.6. The van der Waals surface area contributed by atoms with Crippen LogP contribution in [0.25, 0.3) is 10.8 Å². The molecule has 1 aliphatic rings. The Kier molecular flexibility index (Phi) is 5.89. The monoisotopic (exact) mass is 353 g/mol. The number of anilines is 1. The van der Waals surface area contributed by atoms with Crippen LogP contribution in [-0.4, -0.2) is 24.9 Å². The van der Waals surface area contributed by atoms with Gasteiger partial charge in [0.2, 0.25) is 11.8 Å². The average molecular weight is 353 g/mol. The lowest BCUT2D eigenvalue weighted by molar-refractivity contribution is -0.126. The van der Waals surface area contributed by atoms with Crippen molar-refractivity contribution in [2.45, 2.75) is 38.5 Å². The van der Waals surface area contributed by atoms with E-state index in [1.165, 1.54) is 6.42 Å². The Morgan fingerprint density at radius 3 is 2.46 bits per heavy atom. The van der Waals surface area contributed by atoms with E-state index in [-0.39, 0.29) is 23.8 Å². The number of carbonyl (C=O) groups excluding carboxylic acids is 2. The summed E-state index contributed by atoms with van der Waals surface area (Å²) in [4.78, 5) is 24.5. The molecule has 1 aliphatic carbocycles. The second-order valence-corrected chi connectivity index (χ2v) is 7.29. The van der Waals surface area contributed by atoms with Crippen molar-refractivity contribution in [3.63, 3.8) is 0 Å². The number of nitrogens with two attached hydrogens (primary N) is 1. The summed E-state index contributed by atoms with van der Waals surface area (Å²) in [5, 5.41) is 7.69. The van der Waals surface area contributed by atoms with E-state index in [0.29, 0.717) is 13.0 Å². The minimum atomic E-state index is -0.222. The van der Waals surface area contributed by atoms with Gasteiger partial charge in [-0.05, 0) is 36.3 Å². The second kappa shape index (κ2) is 8.32.